The van der Waals surface area contributed by atoms with Gasteiger partial charge in [-0.05, 0) is 37.8 Å². The van der Waals surface area contributed by atoms with Crippen LogP contribution in [-0.4, -0.2) is 24.6 Å². The summed E-state index contributed by atoms with van der Waals surface area (Å²) >= 11 is 0. The van der Waals surface area contributed by atoms with Crippen molar-refractivity contribution in [2.45, 2.75) is 44.7 Å². The standard InChI is InChI=1S/C15H22N2O2/c1-2-9-19-14-6-4-3-5-13(14)15(18)17-12-8-7-11(16)10-12/h3-6,11-12H,2,7-10,16H2,1H3,(H,17,18)/t11-,12-/m1/s1. The number of benzene rings is 1. The molecule has 1 aliphatic carbocycles. The monoisotopic (exact) mass is 262 g/mol. The molecule has 0 aliphatic heterocycles. The molecule has 1 amide bonds. The zero-order valence-electron chi connectivity index (χ0n) is 11.4. The Morgan fingerprint density at radius 2 is 2.21 bits per heavy atom. The molecule has 0 bridgehead atoms. The molecule has 0 unspecified atom stereocenters. The number of para-hydroxylation sites is 1. The third-order valence-corrected chi connectivity index (χ3v) is 3.40. The molecule has 1 fully saturated rings. The molecular weight excluding hydrogens is 240 g/mol. The fourth-order valence-corrected chi connectivity index (χ4v) is 2.40. The van der Waals surface area contributed by atoms with Crippen molar-refractivity contribution in [1.82, 2.24) is 5.32 Å². The van der Waals surface area contributed by atoms with Crippen LogP contribution in [0.1, 0.15) is 43.0 Å². The summed E-state index contributed by atoms with van der Waals surface area (Å²) in [6.45, 7) is 2.67. The normalized spacial score (nSPS) is 22.2. The van der Waals surface area contributed by atoms with Gasteiger partial charge >= 0.3 is 0 Å². The van der Waals surface area contributed by atoms with Crippen molar-refractivity contribution in [1.29, 1.82) is 0 Å². The Bertz CT molecular complexity index is 434. The summed E-state index contributed by atoms with van der Waals surface area (Å²) in [6.07, 6.45) is 3.74. The van der Waals surface area contributed by atoms with Gasteiger partial charge in [0, 0.05) is 12.1 Å². The molecule has 4 nitrogen and oxygen atoms in total. The van der Waals surface area contributed by atoms with E-state index in [0.29, 0.717) is 17.9 Å². The lowest BCUT2D eigenvalue weighted by atomic mass is 10.1. The molecule has 2 atom stereocenters. The SMILES string of the molecule is CCCOc1ccccc1C(=O)N[C@@H]1CC[C@@H](N)C1. The Balaban J connectivity index is 2.01. The minimum atomic E-state index is -0.0641. The van der Waals surface area contributed by atoms with E-state index >= 15 is 0 Å². The molecule has 1 saturated carbocycles. The van der Waals surface area contributed by atoms with Crippen LogP contribution in [0.2, 0.25) is 0 Å². The summed E-state index contributed by atoms with van der Waals surface area (Å²) in [6, 6.07) is 7.79. The van der Waals surface area contributed by atoms with E-state index in [2.05, 4.69) is 5.32 Å². The summed E-state index contributed by atoms with van der Waals surface area (Å²) in [5.41, 5.74) is 6.47. The third kappa shape index (κ3) is 3.70. The van der Waals surface area contributed by atoms with Crippen LogP contribution in [-0.2, 0) is 0 Å². The fourth-order valence-electron chi connectivity index (χ4n) is 2.40. The van der Waals surface area contributed by atoms with E-state index in [9.17, 15) is 4.79 Å². The lowest BCUT2D eigenvalue weighted by Crippen LogP contribution is -2.34. The smallest absolute Gasteiger partial charge is 0.255 e. The summed E-state index contributed by atoms with van der Waals surface area (Å²) in [4.78, 5) is 12.3. The van der Waals surface area contributed by atoms with Crippen LogP contribution in [0.5, 0.6) is 5.75 Å². The van der Waals surface area contributed by atoms with Crippen molar-refractivity contribution >= 4 is 5.91 Å². The number of nitrogens with one attached hydrogen (secondary N) is 1. The average molecular weight is 262 g/mol. The molecule has 1 aliphatic rings. The third-order valence-electron chi connectivity index (χ3n) is 3.40. The maximum Gasteiger partial charge on any atom is 0.255 e. The molecule has 0 heterocycles. The fraction of sp³-hybridized carbons (Fsp3) is 0.533. The maximum atomic E-state index is 12.3. The molecule has 3 N–H and O–H groups in total. The number of carbonyl (C=O) groups is 1. The first kappa shape index (κ1) is 13.9. The Morgan fingerprint density at radius 3 is 2.89 bits per heavy atom. The van der Waals surface area contributed by atoms with E-state index in [1.807, 2.05) is 25.1 Å². The number of carbonyl (C=O) groups excluding carboxylic acids is 1. The van der Waals surface area contributed by atoms with Crippen LogP contribution >= 0.6 is 0 Å². The van der Waals surface area contributed by atoms with Crippen molar-refractivity contribution in [2.24, 2.45) is 5.73 Å². The maximum absolute atomic E-state index is 12.3. The topological polar surface area (TPSA) is 64.3 Å². The Labute approximate surface area is 114 Å². The second-order valence-corrected chi connectivity index (χ2v) is 5.09. The second-order valence-electron chi connectivity index (χ2n) is 5.09. The lowest BCUT2D eigenvalue weighted by Gasteiger charge is -2.15. The van der Waals surface area contributed by atoms with E-state index in [4.69, 9.17) is 10.5 Å². The van der Waals surface area contributed by atoms with Gasteiger partial charge in [0.25, 0.3) is 5.91 Å². The number of ether oxygens (including phenoxy) is 1. The number of hydrogen-bond acceptors (Lipinski definition) is 3. The number of hydrogen-bond donors (Lipinski definition) is 2. The Morgan fingerprint density at radius 1 is 1.42 bits per heavy atom. The Hall–Kier alpha value is -1.55. The van der Waals surface area contributed by atoms with Crippen molar-refractivity contribution in [3.63, 3.8) is 0 Å². The van der Waals surface area contributed by atoms with Crippen LogP contribution in [0.15, 0.2) is 24.3 Å². The zero-order chi connectivity index (χ0) is 13.7. The van der Waals surface area contributed by atoms with Crippen molar-refractivity contribution < 1.29 is 9.53 Å². The largest absolute Gasteiger partial charge is 0.493 e. The molecule has 4 heteroatoms. The number of nitrogens with two attached hydrogens (primary N) is 1. The van der Waals surface area contributed by atoms with Crippen molar-refractivity contribution in [2.75, 3.05) is 6.61 Å². The highest BCUT2D eigenvalue weighted by Crippen LogP contribution is 2.21. The quantitative estimate of drug-likeness (QED) is 0.854. The highest BCUT2D eigenvalue weighted by molar-refractivity contribution is 5.97. The van der Waals surface area contributed by atoms with E-state index in [0.717, 1.165) is 25.7 Å². The predicted octanol–water partition coefficient (Wildman–Crippen LogP) is 2.08. The van der Waals surface area contributed by atoms with Crippen LogP contribution in [0.3, 0.4) is 0 Å². The molecule has 19 heavy (non-hydrogen) atoms. The minimum Gasteiger partial charge on any atom is -0.493 e. The van der Waals surface area contributed by atoms with Gasteiger partial charge in [0.2, 0.25) is 0 Å². The number of rotatable bonds is 5. The highest BCUT2D eigenvalue weighted by atomic mass is 16.5. The molecule has 1 aromatic carbocycles. The summed E-state index contributed by atoms with van der Waals surface area (Å²) in [7, 11) is 0. The predicted molar refractivity (Wildman–Crippen MR) is 75.3 cm³/mol. The van der Waals surface area contributed by atoms with Gasteiger partial charge in [0.15, 0.2) is 0 Å². The summed E-state index contributed by atoms with van der Waals surface area (Å²) in [5, 5.41) is 3.04. The van der Waals surface area contributed by atoms with Gasteiger partial charge in [-0.15, -0.1) is 0 Å². The Kier molecular flexibility index (Phi) is 4.80. The van der Waals surface area contributed by atoms with Crippen LogP contribution in [0.4, 0.5) is 0 Å². The molecule has 0 saturated heterocycles. The molecule has 104 valence electrons. The minimum absolute atomic E-state index is 0.0641. The molecule has 2 rings (SSSR count). The number of amides is 1. The lowest BCUT2D eigenvalue weighted by molar-refractivity contribution is 0.0933. The summed E-state index contributed by atoms with van der Waals surface area (Å²) < 4.78 is 5.61. The van der Waals surface area contributed by atoms with Gasteiger partial charge in [0.05, 0.1) is 12.2 Å². The summed E-state index contributed by atoms with van der Waals surface area (Å²) in [5.74, 6) is 0.593. The van der Waals surface area contributed by atoms with Gasteiger partial charge in [-0.1, -0.05) is 19.1 Å². The van der Waals surface area contributed by atoms with Gasteiger partial charge < -0.3 is 15.8 Å². The van der Waals surface area contributed by atoms with Gasteiger partial charge in [-0.3, -0.25) is 4.79 Å². The molecule has 0 spiro atoms. The van der Waals surface area contributed by atoms with Gasteiger partial charge in [-0.2, -0.15) is 0 Å². The van der Waals surface area contributed by atoms with Gasteiger partial charge in [0.1, 0.15) is 5.75 Å². The van der Waals surface area contributed by atoms with E-state index < -0.39 is 0 Å². The first-order valence-corrected chi connectivity index (χ1v) is 6.99. The molecule has 0 radical (unpaired) electrons. The molecular formula is C15H22N2O2. The van der Waals surface area contributed by atoms with E-state index in [1.165, 1.54) is 0 Å². The van der Waals surface area contributed by atoms with Crippen LogP contribution in [0, 0.1) is 0 Å². The van der Waals surface area contributed by atoms with Crippen molar-refractivity contribution in [3.05, 3.63) is 29.8 Å². The average Bonchev–Trinajstić information content (AvgIpc) is 2.82. The van der Waals surface area contributed by atoms with Crippen molar-refractivity contribution in [3.8, 4) is 5.75 Å². The van der Waals surface area contributed by atoms with Crippen LogP contribution < -0.4 is 15.8 Å². The molecule has 1 aromatic rings. The zero-order valence-corrected chi connectivity index (χ0v) is 11.4. The van der Waals surface area contributed by atoms with E-state index in [1.54, 1.807) is 6.07 Å². The molecule has 0 aromatic heterocycles. The second kappa shape index (κ2) is 6.57. The van der Waals surface area contributed by atoms with E-state index in [-0.39, 0.29) is 18.0 Å². The first-order valence-electron chi connectivity index (χ1n) is 6.99. The van der Waals surface area contributed by atoms with Crippen LogP contribution in [0.25, 0.3) is 0 Å². The van der Waals surface area contributed by atoms with Gasteiger partial charge in [-0.25, -0.2) is 0 Å². The highest BCUT2D eigenvalue weighted by Gasteiger charge is 2.24. The first-order chi connectivity index (χ1) is 9.20.